The number of aliphatic hydroxyl groups is 5. The Morgan fingerprint density at radius 3 is 2.14 bits per heavy atom. The van der Waals surface area contributed by atoms with E-state index in [-0.39, 0.29) is 19.1 Å². The van der Waals surface area contributed by atoms with Gasteiger partial charge in [0, 0.05) is 0 Å². The summed E-state index contributed by atoms with van der Waals surface area (Å²) in [5.74, 6) is 0.0316. The van der Waals surface area contributed by atoms with Crippen LogP contribution in [0.4, 0.5) is 0 Å². The molecule has 2 fully saturated rings. The summed E-state index contributed by atoms with van der Waals surface area (Å²) in [6.45, 7) is 3.58. The monoisotopic (exact) mass is 308 g/mol. The maximum absolute atomic E-state index is 10.1. The molecule has 2 aliphatic heterocycles. The Hall–Kier alpha value is -0.320. The van der Waals surface area contributed by atoms with Gasteiger partial charge < -0.3 is 39.7 Å². The zero-order chi connectivity index (χ0) is 15.7. The highest BCUT2D eigenvalue weighted by Crippen LogP contribution is 2.26. The van der Waals surface area contributed by atoms with Crippen molar-refractivity contribution in [3.05, 3.63) is 0 Å². The van der Waals surface area contributed by atoms with Gasteiger partial charge in [0.25, 0.3) is 0 Å². The minimum absolute atomic E-state index is 0.0316. The fourth-order valence-corrected chi connectivity index (χ4v) is 2.60. The molecule has 0 aliphatic carbocycles. The van der Waals surface area contributed by atoms with Gasteiger partial charge in [-0.1, -0.05) is 13.8 Å². The Labute approximate surface area is 122 Å². The van der Waals surface area contributed by atoms with Crippen LogP contribution in [0.5, 0.6) is 0 Å². The van der Waals surface area contributed by atoms with E-state index in [4.69, 9.17) is 14.2 Å². The lowest BCUT2D eigenvalue weighted by atomic mass is 9.92. The highest BCUT2D eigenvalue weighted by atomic mass is 16.7. The molecule has 2 saturated heterocycles. The largest absolute Gasteiger partial charge is 0.388 e. The minimum atomic E-state index is -1.44. The van der Waals surface area contributed by atoms with Crippen LogP contribution >= 0.6 is 0 Å². The van der Waals surface area contributed by atoms with Crippen molar-refractivity contribution in [1.82, 2.24) is 0 Å². The Morgan fingerprint density at radius 2 is 1.52 bits per heavy atom. The second-order valence-corrected chi connectivity index (χ2v) is 5.95. The van der Waals surface area contributed by atoms with E-state index >= 15 is 0 Å². The normalized spacial score (nSPS) is 48.6. The highest BCUT2D eigenvalue weighted by Gasteiger charge is 2.45. The summed E-state index contributed by atoms with van der Waals surface area (Å²) in [4.78, 5) is 0. The summed E-state index contributed by atoms with van der Waals surface area (Å²) in [7, 11) is 0. The molecule has 0 aromatic rings. The molecule has 0 aromatic heterocycles. The molecule has 0 radical (unpaired) electrons. The molecule has 2 aliphatic rings. The minimum Gasteiger partial charge on any atom is -0.388 e. The first-order valence-electron chi connectivity index (χ1n) is 7.12. The molecule has 0 bridgehead atoms. The number of ether oxygens (including phenoxy) is 3. The van der Waals surface area contributed by atoms with Crippen molar-refractivity contribution in [1.29, 1.82) is 0 Å². The van der Waals surface area contributed by atoms with Crippen LogP contribution in [-0.2, 0) is 14.2 Å². The summed E-state index contributed by atoms with van der Waals surface area (Å²) in [5, 5.41) is 48.8. The third-order valence-corrected chi connectivity index (χ3v) is 3.94. The fraction of sp³-hybridized carbons (Fsp3) is 1.00. The smallest absolute Gasteiger partial charge is 0.186 e. The van der Waals surface area contributed by atoms with Crippen LogP contribution in [0.25, 0.3) is 0 Å². The molecule has 2 heterocycles. The molecular formula is C13H24O8. The van der Waals surface area contributed by atoms with Gasteiger partial charge in [-0.3, -0.25) is 0 Å². The SMILES string of the molecule is CC(C)C1OCC(OC2OCC(O)C(O)C2O)C(O)C1O. The van der Waals surface area contributed by atoms with E-state index in [9.17, 15) is 25.5 Å². The average Bonchev–Trinajstić information content (AvgIpc) is 2.44. The average molecular weight is 308 g/mol. The predicted octanol–water partition coefficient (Wildman–Crippen LogP) is -2.41. The molecular weight excluding hydrogens is 284 g/mol. The molecule has 8 unspecified atom stereocenters. The number of hydrogen-bond acceptors (Lipinski definition) is 8. The van der Waals surface area contributed by atoms with Gasteiger partial charge in [-0.05, 0) is 5.92 Å². The van der Waals surface area contributed by atoms with Crippen LogP contribution < -0.4 is 0 Å². The van der Waals surface area contributed by atoms with Crippen molar-refractivity contribution in [2.24, 2.45) is 5.92 Å². The number of hydrogen-bond donors (Lipinski definition) is 5. The lowest BCUT2D eigenvalue weighted by molar-refractivity contribution is -0.311. The zero-order valence-electron chi connectivity index (χ0n) is 12.1. The van der Waals surface area contributed by atoms with Gasteiger partial charge in [-0.25, -0.2) is 0 Å². The van der Waals surface area contributed by atoms with E-state index in [1.54, 1.807) is 0 Å². The van der Waals surface area contributed by atoms with Crippen molar-refractivity contribution in [2.75, 3.05) is 13.2 Å². The van der Waals surface area contributed by atoms with Gasteiger partial charge in [0.2, 0.25) is 0 Å². The van der Waals surface area contributed by atoms with Gasteiger partial charge in [0.05, 0.1) is 19.3 Å². The van der Waals surface area contributed by atoms with E-state index in [0.717, 1.165) is 0 Å². The van der Waals surface area contributed by atoms with Gasteiger partial charge >= 0.3 is 0 Å². The van der Waals surface area contributed by atoms with E-state index in [0.29, 0.717) is 0 Å². The molecule has 8 heteroatoms. The topological polar surface area (TPSA) is 129 Å². The Morgan fingerprint density at radius 1 is 0.857 bits per heavy atom. The second-order valence-electron chi connectivity index (χ2n) is 5.95. The van der Waals surface area contributed by atoms with E-state index in [2.05, 4.69) is 0 Å². The van der Waals surface area contributed by atoms with E-state index < -0.39 is 49.0 Å². The van der Waals surface area contributed by atoms with Crippen LogP contribution in [0, 0.1) is 5.92 Å². The third kappa shape index (κ3) is 3.54. The standard InChI is InChI=1S/C13H24O8/c1-5(2)12-10(17)9(16)7(4-19-12)21-13-11(18)8(15)6(14)3-20-13/h5-18H,3-4H2,1-2H3. The quantitative estimate of drug-likeness (QED) is 0.390. The number of rotatable bonds is 3. The Kier molecular flexibility index (Phi) is 5.55. The molecule has 21 heavy (non-hydrogen) atoms. The predicted molar refractivity (Wildman–Crippen MR) is 69.2 cm³/mol. The maximum atomic E-state index is 10.1. The molecule has 5 N–H and O–H groups in total. The van der Waals surface area contributed by atoms with Crippen LogP contribution in [0.15, 0.2) is 0 Å². The van der Waals surface area contributed by atoms with Gasteiger partial charge in [0.15, 0.2) is 6.29 Å². The van der Waals surface area contributed by atoms with Gasteiger partial charge in [-0.2, -0.15) is 0 Å². The molecule has 0 spiro atoms. The fourth-order valence-electron chi connectivity index (χ4n) is 2.60. The molecule has 8 atom stereocenters. The summed E-state index contributed by atoms with van der Waals surface area (Å²) >= 11 is 0. The van der Waals surface area contributed by atoms with E-state index in [1.807, 2.05) is 13.8 Å². The van der Waals surface area contributed by atoms with Crippen molar-refractivity contribution in [2.45, 2.75) is 62.9 Å². The highest BCUT2D eigenvalue weighted by molar-refractivity contribution is 4.90. The Bertz CT molecular complexity index is 338. The van der Waals surface area contributed by atoms with Crippen LogP contribution in [0.3, 0.4) is 0 Å². The summed E-state index contributed by atoms with van der Waals surface area (Å²) in [6.07, 6.45) is -8.91. The molecule has 0 aromatic carbocycles. The molecule has 2 rings (SSSR count). The van der Waals surface area contributed by atoms with Crippen molar-refractivity contribution < 1.29 is 39.7 Å². The first kappa shape index (κ1) is 17.0. The molecule has 124 valence electrons. The van der Waals surface area contributed by atoms with Crippen LogP contribution in [0.1, 0.15) is 13.8 Å². The Balaban J connectivity index is 1.94. The van der Waals surface area contributed by atoms with Gasteiger partial charge in [0.1, 0.15) is 36.6 Å². The number of aliphatic hydroxyl groups excluding tert-OH is 5. The third-order valence-electron chi connectivity index (χ3n) is 3.94. The van der Waals surface area contributed by atoms with Crippen molar-refractivity contribution in [3.8, 4) is 0 Å². The van der Waals surface area contributed by atoms with Crippen LogP contribution in [-0.4, -0.2) is 87.8 Å². The lowest BCUT2D eigenvalue weighted by Gasteiger charge is -2.42. The zero-order valence-corrected chi connectivity index (χ0v) is 12.1. The van der Waals surface area contributed by atoms with Crippen molar-refractivity contribution in [3.63, 3.8) is 0 Å². The first-order chi connectivity index (χ1) is 9.82. The van der Waals surface area contributed by atoms with Gasteiger partial charge in [-0.15, -0.1) is 0 Å². The summed E-state index contributed by atoms with van der Waals surface area (Å²) in [5.41, 5.74) is 0. The second kappa shape index (κ2) is 6.84. The molecule has 8 nitrogen and oxygen atoms in total. The lowest BCUT2D eigenvalue weighted by Crippen LogP contribution is -2.59. The molecule has 0 amide bonds. The molecule has 0 saturated carbocycles. The summed E-state index contributed by atoms with van der Waals surface area (Å²) in [6, 6.07) is 0. The summed E-state index contributed by atoms with van der Waals surface area (Å²) < 4.78 is 16.0. The van der Waals surface area contributed by atoms with E-state index in [1.165, 1.54) is 0 Å². The van der Waals surface area contributed by atoms with Crippen LogP contribution in [0.2, 0.25) is 0 Å². The first-order valence-corrected chi connectivity index (χ1v) is 7.12. The maximum Gasteiger partial charge on any atom is 0.186 e. The van der Waals surface area contributed by atoms with Crippen molar-refractivity contribution >= 4 is 0 Å².